The third-order valence-corrected chi connectivity index (χ3v) is 4.09. The molecule has 1 aromatic heterocycles. The molecular formula is C10H14N2S. The van der Waals surface area contributed by atoms with Crippen LogP contribution in [0.2, 0.25) is 0 Å². The highest BCUT2D eigenvalue weighted by atomic mass is 32.1. The van der Waals surface area contributed by atoms with Gasteiger partial charge in [0.15, 0.2) is 0 Å². The molecule has 2 nitrogen and oxygen atoms in total. The van der Waals surface area contributed by atoms with Crippen LogP contribution in [0.5, 0.6) is 0 Å². The van der Waals surface area contributed by atoms with Gasteiger partial charge in [-0.05, 0) is 19.8 Å². The van der Waals surface area contributed by atoms with Crippen LogP contribution in [0.3, 0.4) is 0 Å². The molecule has 1 aromatic rings. The van der Waals surface area contributed by atoms with Crippen molar-refractivity contribution >= 4 is 11.3 Å². The monoisotopic (exact) mass is 194 g/mol. The molecule has 3 rings (SSSR count). The highest BCUT2D eigenvalue weighted by Crippen LogP contribution is 2.43. The maximum atomic E-state index is 4.77. The zero-order chi connectivity index (χ0) is 8.84. The Morgan fingerprint density at radius 1 is 1.31 bits per heavy atom. The number of hydrogen-bond donors (Lipinski definition) is 1. The summed E-state index contributed by atoms with van der Waals surface area (Å²) in [6.07, 6.45) is 2.74. The average molecular weight is 194 g/mol. The molecule has 2 aliphatic rings. The number of nitrogens with zero attached hydrogens (tertiary/aromatic N) is 1. The highest BCUT2D eigenvalue weighted by molar-refractivity contribution is 7.11. The van der Waals surface area contributed by atoms with E-state index in [1.165, 1.54) is 28.4 Å². The van der Waals surface area contributed by atoms with Crippen molar-refractivity contribution < 1.29 is 0 Å². The molecule has 70 valence electrons. The van der Waals surface area contributed by atoms with Crippen LogP contribution >= 0.6 is 11.3 Å². The van der Waals surface area contributed by atoms with Gasteiger partial charge >= 0.3 is 0 Å². The lowest BCUT2D eigenvalue weighted by molar-refractivity contribution is 0.446. The summed E-state index contributed by atoms with van der Waals surface area (Å²) in [6.45, 7) is 4.50. The fourth-order valence-electron chi connectivity index (χ4n) is 1.80. The predicted molar refractivity (Wildman–Crippen MR) is 54.4 cm³/mol. The Bertz CT molecular complexity index is 324. The molecule has 13 heavy (non-hydrogen) atoms. The molecule has 3 heteroatoms. The summed E-state index contributed by atoms with van der Waals surface area (Å²) >= 11 is 1.92. The van der Waals surface area contributed by atoms with Crippen LogP contribution in [-0.2, 0) is 0 Å². The van der Waals surface area contributed by atoms with Gasteiger partial charge in [0.2, 0.25) is 0 Å². The summed E-state index contributed by atoms with van der Waals surface area (Å²) in [4.78, 5) is 6.23. The van der Waals surface area contributed by atoms with Gasteiger partial charge in [0, 0.05) is 29.8 Å². The zero-order valence-corrected chi connectivity index (χ0v) is 8.66. The smallest absolute Gasteiger partial charge is 0.0987 e. The van der Waals surface area contributed by atoms with Gasteiger partial charge in [-0.15, -0.1) is 11.3 Å². The van der Waals surface area contributed by atoms with Gasteiger partial charge in [-0.1, -0.05) is 0 Å². The van der Waals surface area contributed by atoms with Crippen LogP contribution in [-0.4, -0.2) is 18.1 Å². The van der Waals surface area contributed by atoms with Gasteiger partial charge < -0.3 is 5.32 Å². The molecule has 0 radical (unpaired) electrons. The van der Waals surface area contributed by atoms with Gasteiger partial charge in [-0.25, -0.2) is 4.98 Å². The van der Waals surface area contributed by atoms with E-state index >= 15 is 0 Å². The minimum absolute atomic E-state index is 0.719. The Morgan fingerprint density at radius 3 is 2.62 bits per heavy atom. The quantitative estimate of drug-likeness (QED) is 0.779. The normalized spacial score (nSPS) is 23.2. The van der Waals surface area contributed by atoms with Crippen molar-refractivity contribution in [3.8, 4) is 0 Å². The lowest BCUT2D eigenvalue weighted by Crippen LogP contribution is -2.39. The molecular weight excluding hydrogens is 180 g/mol. The van der Waals surface area contributed by atoms with Crippen molar-refractivity contribution in [1.82, 2.24) is 10.3 Å². The molecule has 0 spiro atoms. The third-order valence-electron chi connectivity index (χ3n) is 2.94. The van der Waals surface area contributed by atoms with Crippen LogP contribution in [0.15, 0.2) is 0 Å². The summed E-state index contributed by atoms with van der Waals surface area (Å²) in [5, 5.41) is 4.67. The maximum Gasteiger partial charge on any atom is 0.0987 e. The van der Waals surface area contributed by atoms with E-state index in [4.69, 9.17) is 4.98 Å². The number of aromatic nitrogens is 1. The number of nitrogens with one attached hydrogen (secondary N) is 1. The number of aryl methyl sites for hydroxylation is 1. The van der Waals surface area contributed by atoms with Gasteiger partial charge in [0.1, 0.15) is 0 Å². The predicted octanol–water partition coefficient (Wildman–Crippen LogP) is 2.02. The fraction of sp³-hybridized carbons (Fsp3) is 0.700. The highest BCUT2D eigenvalue weighted by Gasteiger charge is 2.30. The van der Waals surface area contributed by atoms with Crippen LogP contribution in [0.4, 0.5) is 0 Å². The van der Waals surface area contributed by atoms with Crippen molar-refractivity contribution in [2.24, 2.45) is 0 Å². The Morgan fingerprint density at radius 2 is 2.08 bits per heavy atom. The van der Waals surface area contributed by atoms with Crippen LogP contribution in [0, 0.1) is 6.92 Å². The molecule has 1 saturated heterocycles. The first-order valence-corrected chi connectivity index (χ1v) is 5.84. The Labute approximate surface area is 82.4 Å². The van der Waals surface area contributed by atoms with Gasteiger partial charge in [-0.3, -0.25) is 0 Å². The number of thiazole rings is 1. The Hall–Kier alpha value is -0.410. The van der Waals surface area contributed by atoms with Crippen LogP contribution < -0.4 is 5.32 Å². The van der Waals surface area contributed by atoms with Crippen LogP contribution in [0.1, 0.15) is 40.3 Å². The molecule has 2 fully saturated rings. The number of rotatable bonds is 2. The van der Waals surface area contributed by atoms with E-state index < -0.39 is 0 Å². The van der Waals surface area contributed by atoms with Gasteiger partial charge in [0.05, 0.1) is 10.7 Å². The fourth-order valence-corrected chi connectivity index (χ4v) is 2.91. The number of hydrogen-bond acceptors (Lipinski definition) is 3. The average Bonchev–Trinajstić information content (AvgIpc) is 2.74. The van der Waals surface area contributed by atoms with Gasteiger partial charge in [0.25, 0.3) is 0 Å². The van der Waals surface area contributed by atoms with E-state index in [-0.39, 0.29) is 0 Å². The van der Waals surface area contributed by atoms with Crippen molar-refractivity contribution in [3.63, 3.8) is 0 Å². The molecule has 0 amide bonds. The second-order valence-electron chi connectivity index (χ2n) is 4.12. The maximum absolute atomic E-state index is 4.77. The minimum Gasteiger partial charge on any atom is -0.315 e. The molecule has 0 bridgehead atoms. The van der Waals surface area contributed by atoms with Crippen molar-refractivity contribution in [1.29, 1.82) is 0 Å². The van der Waals surface area contributed by atoms with E-state index in [0.29, 0.717) is 0 Å². The van der Waals surface area contributed by atoms with Gasteiger partial charge in [-0.2, -0.15) is 0 Å². The first-order valence-electron chi connectivity index (χ1n) is 5.02. The van der Waals surface area contributed by atoms with Crippen LogP contribution in [0.25, 0.3) is 0 Å². The topological polar surface area (TPSA) is 24.9 Å². The lowest BCUT2D eigenvalue weighted by atomic mass is 10.1. The summed E-state index contributed by atoms with van der Waals surface area (Å²) < 4.78 is 0. The molecule has 0 aromatic carbocycles. The largest absolute Gasteiger partial charge is 0.315 e. The molecule has 1 aliphatic carbocycles. The van der Waals surface area contributed by atoms with Crippen molar-refractivity contribution in [2.75, 3.05) is 13.1 Å². The first-order chi connectivity index (χ1) is 6.34. The summed E-state index contributed by atoms with van der Waals surface area (Å²) in [5.41, 5.74) is 1.41. The van der Waals surface area contributed by atoms with E-state index in [2.05, 4.69) is 12.2 Å². The Kier molecular flexibility index (Phi) is 1.70. The third kappa shape index (κ3) is 1.30. The zero-order valence-electron chi connectivity index (χ0n) is 7.84. The second-order valence-corrected chi connectivity index (χ2v) is 5.36. The molecule has 0 unspecified atom stereocenters. The minimum atomic E-state index is 0.719. The summed E-state index contributed by atoms with van der Waals surface area (Å²) in [6, 6.07) is 0. The molecule has 1 aliphatic heterocycles. The van der Waals surface area contributed by atoms with Crippen molar-refractivity contribution in [3.05, 3.63) is 15.6 Å². The summed E-state index contributed by atoms with van der Waals surface area (Å²) in [7, 11) is 0. The SMILES string of the molecule is Cc1sc(C2CNC2)nc1C1CC1. The first kappa shape index (κ1) is 7.94. The second kappa shape index (κ2) is 2.79. The Balaban J connectivity index is 1.89. The van der Waals surface area contributed by atoms with E-state index in [9.17, 15) is 0 Å². The molecule has 1 saturated carbocycles. The molecule has 0 atom stereocenters. The van der Waals surface area contributed by atoms with E-state index in [1.54, 1.807) is 0 Å². The molecule has 1 N–H and O–H groups in total. The lowest BCUT2D eigenvalue weighted by Gasteiger charge is -2.24. The van der Waals surface area contributed by atoms with E-state index in [1.807, 2.05) is 11.3 Å². The van der Waals surface area contributed by atoms with E-state index in [0.717, 1.165) is 24.9 Å². The standard InChI is InChI=1S/C10H14N2S/c1-6-9(7-2-3-7)12-10(13-6)8-4-11-5-8/h7-8,11H,2-5H2,1H3. The summed E-state index contributed by atoms with van der Waals surface area (Å²) in [5.74, 6) is 1.54. The van der Waals surface area contributed by atoms with Crippen molar-refractivity contribution in [2.45, 2.75) is 31.6 Å². The molecule has 2 heterocycles.